The van der Waals surface area contributed by atoms with Crippen molar-refractivity contribution in [3.05, 3.63) is 53.6 Å². The van der Waals surface area contributed by atoms with E-state index in [9.17, 15) is 13.2 Å². The largest absolute Gasteiger partial charge is 0.416 e. The molecule has 0 spiro atoms. The van der Waals surface area contributed by atoms with E-state index in [0.29, 0.717) is 11.3 Å². The third-order valence-corrected chi connectivity index (χ3v) is 2.73. The number of rotatable bonds is 3. The Morgan fingerprint density at radius 2 is 2.11 bits per heavy atom. The summed E-state index contributed by atoms with van der Waals surface area (Å²) >= 11 is 0. The maximum absolute atomic E-state index is 12.7. The first-order valence-corrected chi connectivity index (χ1v) is 5.53. The van der Waals surface area contributed by atoms with E-state index in [1.54, 1.807) is 30.2 Å². The van der Waals surface area contributed by atoms with E-state index in [4.69, 9.17) is 5.84 Å². The second kappa shape index (κ2) is 5.02. The highest BCUT2D eigenvalue weighted by Gasteiger charge is 2.31. The molecule has 0 bridgehead atoms. The molecular formula is C12H13F3N4. The molecule has 1 atom stereocenters. The number of hydrogen-bond donors (Lipinski definition) is 2. The Morgan fingerprint density at radius 1 is 1.37 bits per heavy atom. The van der Waals surface area contributed by atoms with Crippen molar-refractivity contribution in [3.8, 4) is 0 Å². The Labute approximate surface area is 108 Å². The third kappa shape index (κ3) is 2.94. The first kappa shape index (κ1) is 13.6. The molecule has 0 aliphatic rings. The number of nitrogens with one attached hydrogen (secondary N) is 1. The SMILES string of the molecule is Cn1cnc(C(NN)c2cccc(C(F)(F)F)c2)c1. The number of alkyl halides is 3. The molecule has 3 N–H and O–H groups in total. The predicted octanol–water partition coefficient (Wildman–Crippen LogP) is 1.99. The molecular weight excluding hydrogens is 257 g/mol. The van der Waals surface area contributed by atoms with E-state index in [0.717, 1.165) is 12.1 Å². The van der Waals surface area contributed by atoms with Crippen LogP contribution in [-0.4, -0.2) is 9.55 Å². The number of aromatic nitrogens is 2. The highest BCUT2D eigenvalue weighted by molar-refractivity contribution is 5.32. The van der Waals surface area contributed by atoms with E-state index in [2.05, 4.69) is 10.4 Å². The van der Waals surface area contributed by atoms with Gasteiger partial charge in [0, 0.05) is 13.2 Å². The van der Waals surface area contributed by atoms with Crippen LogP contribution in [0.15, 0.2) is 36.8 Å². The van der Waals surface area contributed by atoms with Crippen LogP contribution in [0.25, 0.3) is 0 Å². The van der Waals surface area contributed by atoms with Gasteiger partial charge in [0.1, 0.15) is 0 Å². The quantitative estimate of drug-likeness (QED) is 0.662. The molecule has 0 saturated heterocycles. The van der Waals surface area contributed by atoms with Gasteiger partial charge < -0.3 is 4.57 Å². The zero-order chi connectivity index (χ0) is 14.0. The van der Waals surface area contributed by atoms with Crippen molar-refractivity contribution in [1.82, 2.24) is 15.0 Å². The summed E-state index contributed by atoms with van der Waals surface area (Å²) in [5.74, 6) is 5.42. The third-order valence-electron chi connectivity index (χ3n) is 2.73. The minimum Gasteiger partial charge on any atom is -0.340 e. The number of aryl methyl sites for hydroxylation is 1. The lowest BCUT2D eigenvalue weighted by Gasteiger charge is -2.16. The standard InChI is InChI=1S/C12H13F3N4/c1-19-6-10(17-7-19)11(18-16)8-3-2-4-9(5-8)12(13,14)15/h2-7,11,18H,16H2,1H3. The van der Waals surface area contributed by atoms with E-state index < -0.39 is 17.8 Å². The molecule has 0 aliphatic heterocycles. The average Bonchev–Trinajstić information content (AvgIpc) is 2.76. The van der Waals surface area contributed by atoms with Crippen molar-refractivity contribution in [2.75, 3.05) is 0 Å². The lowest BCUT2D eigenvalue weighted by atomic mass is 10.0. The van der Waals surface area contributed by atoms with E-state index >= 15 is 0 Å². The van der Waals surface area contributed by atoms with Crippen molar-refractivity contribution in [1.29, 1.82) is 0 Å². The molecule has 0 radical (unpaired) electrons. The second-order valence-electron chi connectivity index (χ2n) is 4.19. The minimum absolute atomic E-state index is 0.413. The maximum Gasteiger partial charge on any atom is 0.416 e. The Morgan fingerprint density at radius 3 is 2.63 bits per heavy atom. The first-order chi connectivity index (χ1) is 8.91. The molecule has 7 heteroatoms. The van der Waals surface area contributed by atoms with Gasteiger partial charge in [0.25, 0.3) is 0 Å². The lowest BCUT2D eigenvalue weighted by molar-refractivity contribution is -0.137. The van der Waals surface area contributed by atoms with Crippen LogP contribution in [0.4, 0.5) is 13.2 Å². The summed E-state index contributed by atoms with van der Waals surface area (Å²) in [7, 11) is 1.77. The van der Waals surface area contributed by atoms with Crippen LogP contribution in [0.5, 0.6) is 0 Å². The fourth-order valence-corrected chi connectivity index (χ4v) is 1.83. The van der Waals surface area contributed by atoms with E-state index in [1.807, 2.05) is 0 Å². The van der Waals surface area contributed by atoms with Crippen LogP contribution in [0.3, 0.4) is 0 Å². The van der Waals surface area contributed by atoms with Gasteiger partial charge in [0.2, 0.25) is 0 Å². The fourth-order valence-electron chi connectivity index (χ4n) is 1.83. The predicted molar refractivity (Wildman–Crippen MR) is 63.8 cm³/mol. The highest BCUT2D eigenvalue weighted by atomic mass is 19.4. The lowest BCUT2D eigenvalue weighted by Crippen LogP contribution is -2.29. The number of hydrogen-bond acceptors (Lipinski definition) is 3. The number of imidazole rings is 1. The van der Waals surface area contributed by atoms with Gasteiger partial charge in [-0.2, -0.15) is 13.2 Å². The molecule has 1 heterocycles. The summed E-state index contributed by atoms with van der Waals surface area (Å²) in [5, 5.41) is 0. The van der Waals surface area contributed by atoms with Crippen LogP contribution >= 0.6 is 0 Å². The number of nitrogens with two attached hydrogens (primary N) is 1. The number of nitrogens with zero attached hydrogens (tertiary/aromatic N) is 2. The van der Waals surface area contributed by atoms with Crippen LogP contribution in [0.2, 0.25) is 0 Å². The van der Waals surface area contributed by atoms with E-state index in [1.165, 1.54) is 6.07 Å². The van der Waals surface area contributed by atoms with Gasteiger partial charge in [0.15, 0.2) is 0 Å². The summed E-state index contributed by atoms with van der Waals surface area (Å²) in [6.07, 6.45) is -1.11. The van der Waals surface area contributed by atoms with E-state index in [-0.39, 0.29) is 0 Å². The average molecular weight is 270 g/mol. The molecule has 0 aliphatic carbocycles. The highest BCUT2D eigenvalue weighted by Crippen LogP contribution is 2.31. The minimum atomic E-state index is -4.38. The zero-order valence-corrected chi connectivity index (χ0v) is 10.1. The molecule has 1 unspecified atom stereocenters. The van der Waals surface area contributed by atoms with Crippen LogP contribution in [-0.2, 0) is 13.2 Å². The topological polar surface area (TPSA) is 55.9 Å². The normalized spacial score (nSPS) is 13.5. The molecule has 1 aromatic heterocycles. The van der Waals surface area contributed by atoms with Crippen molar-refractivity contribution in [3.63, 3.8) is 0 Å². The van der Waals surface area contributed by atoms with Crippen molar-refractivity contribution in [2.45, 2.75) is 12.2 Å². The van der Waals surface area contributed by atoms with Crippen molar-refractivity contribution < 1.29 is 13.2 Å². The monoisotopic (exact) mass is 270 g/mol. The summed E-state index contributed by atoms with van der Waals surface area (Å²) in [6.45, 7) is 0. The molecule has 1 aromatic carbocycles. The zero-order valence-electron chi connectivity index (χ0n) is 10.1. The van der Waals surface area contributed by atoms with Crippen LogP contribution in [0.1, 0.15) is 22.9 Å². The Hall–Kier alpha value is -1.86. The van der Waals surface area contributed by atoms with Crippen LogP contribution < -0.4 is 11.3 Å². The van der Waals surface area contributed by atoms with Gasteiger partial charge in [-0.05, 0) is 17.7 Å². The molecule has 0 fully saturated rings. The molecule has 4 nitrogen and oxygen atoms in total. The molecule has 102 valence electrons. The second-order valence-corrected chi connectivity index (χ2v) is 4.19. The summed E-state index contributed by atoms with van der Waals surface area (Å²) < 4.78 is 39.7. The van der Waals surface area contributed by atoms with Gasteiger partial charge in [-0.1, -0.05) is 12.1 Å². The Kier molecular flexibility index (Phi) is 3.59. The number of hydrazine groups is 1. The van der Waals surface area contributed by atoms with Gasteiger partial charge in [-0.15, -0.1) is 0 Å². The number of halogens is 3. The molecule has 0 saturated carbocycles. The van der Waals surface area contributed by atoms with Gasteiger partial charge >= 0.3 is 6.18 Å². The smallest absolute Gasteiger partial charge is 0.340 e. The first-order valence-electron chi connectivity index (χ1n) is 5.53. The van der Waals surface area contributed by atoms with Crippen LogP contribution in [0, 0.1) is 0 Å². The molecule has 19 heavy (non-hydrogen) atoms. The molecule has 0 amide bonds. The van der Waals surface area contributed by atoms with Crippen molar-refractivity contribution in [2.24, 2.45) is 12.9 Å². The van der Waals surface area contributed by atoms with Gasteiger partial charge in [-0.3, -0.25) is 5.84 Å². The fraction of sp³-hybridized carbons (Fsp3) is 0.250. The summed E-state index contributed by atoms with van der Waals surface area (Å²) in [5.41, 5.74) is 2.75. The summed E-state index contributed by atoms with van der Waals surface area (Å²) in [4.78, 5) is 4.09. The Balaban J connectivity index is 2.39. The van der Waals surface area contributed by atoms with Crippen molar-refractivity contribution >= 4 is 0 Å². The van der Waals surface area contributed by atoms with Gasteiger partial charge in [0.05, 0.1) is 23.6 Å². The number of benzene rings is 1. The molecule has 2 aromatic rings. The maximum atomic E-state index is 12.7. The Bertz CT molecular complexity index is 562. The van der Waals surface area contributed by atoms with Gasteiger partial charge in [-0.25, -0.2) is 10.4 Å². The molecule has 2 rings (SSSR count). The summed E-state index contributed by atoms with van der Waals surface area (Å²) in [6, 6.07) is 4.44.